The van der Waals surface area contributed by atoms with Crippen LogP contribution in [0.4, 0.5) is 22.0 Å². The van der Waals surface area contributed by atoms with Gasteiger partial charge in [0.05, 0.1) is 24.4 Å². The molecular formula is C23H31F5O2. The molecule has 2 nitrogen and oxygen atoms in total. The van der Waals surface area contributed by atoms with Crippen molar-refractivity contribution in [3.8, 4) is 0 Å². The summed E-state index contributed by atoms with van der Waals surface area (Å²) in [5.74, 6) is -2.77. The molecule has 0 saturated heterocycles. The van der Waals surface area contributed by atoms with Crippen LogP contribution in [0.5, 0.6) is 0 Å². The van der Waals surface area contributed by atoms with Gasteiger partial charge in [0.1, 0.15) is 0 Å². The van der Waals surface area contributed by atoms with E-state index in [1.165, 1.54) is 6.07 Å². The Labute approximate surface area is 175 Å². The Morgan fingerprint density at radius 3 is 2.13 bits per heavy atom. The number of rotatable bonds is 8. The van der Waals surface area contributed by atoms with Crippen LogP contribution in [0.2, 0.25) is 0 Å². The number of halogens is 5. The van der Waals surface area contributed by atoms with Gasteiger partial charge in [-0.1, -0.05) is 6.07 Å². The molecule has 0 heterocycles. The van der Waals surface area contributed by atoms with Crippen LogP contribution >= 0.6 is 0 Å². The highest BCUT2D eigenvalue weighted by Crippen LogP contribution is 2.41. The molecule has 2 saturated carbocycles. The molecule has 0 unspecified atom stereocenters. The minimum Gasteiger partial charge on any atom is -0.379 e. The molecular weight excluding hydrogens is 403 g/mol. The van der Waals surface area contributed by atoms with E-state index in [1.54, 1.807) is 0 Å². The quantitative estimate of drug-likeness (QED) is 0.410. The van der Waals surface area contributed by atoms with E-state index in [-0.39, 0.29) is 23.5 Å². The summed E-state index contributed by atoms with van der Waals surface area (Å²) in [5.41, 5.74) is -0.911. The van der Waals surface area contributed by atoms with Gasteiger partial charge >= 0.3 is 6.11 Å². The van der Waals surface area contributed by atoms with Gasteiger partial charge in [0.2, 0.25) is 0 Å². The Morgan fingerprint density at radius 2 is 1.53 bits per heavy atom. The first-order valence-corrected chi connectivity index (χ1v) is 11.1. The molecule has 0 aromatic heterocycles. The summed E-state index contributed by atoms with van der Waals surface area (Å²) in [6, 6.07) is 2.23. The highest BCUT2D eigenvalue weighted by molar-refractivity contribution is 5.31. The average Bonchev–Trinajstić information content (AvgIpc) is 2.72. The van der Waals surface area contributed by atoms with Crippen LogP contribution in [0.25, 0.3) is 0 Å². The van der Waals surface area contributed by atoms with Crippen molar-refractivity contribution in [1.29, 1.82) is 0 Å². The zero-order chi connectivity index (χ0) is 21.7. The van der Waals surface area contributed by atoms with Gasteiger partial charge < -0.3 is 9.47 Å². The fraction of sp³-hybridized carbons (Fsp3) is 0.739. The third-order valence-electron chi connectivity index (χ3n) is 6.57. The van der Waals surface area contributed by atoms with Crippen LogP contribution in [-0.4, -0.2) is 25.5 Å². The van der Waals surface area contributed by atoms with E-state index in [0.717, 1.165) is 18.9 Å². The summed E-state index contributed by atoms with van der Waals surface area (Å²) in [6.45, 7) is 2.11. The molecule has 0 N–H and O–H groups in total. The highest BCUT2D eigenvalue weighted by atomic mass is 19.3. The van der Waals surface area contributed by atoms with Crippen LogP contribution in [0.1, 0.15) is 81.8 Å². The minimum absolute atomic E-state index is 0.121. The molecule has 2 aliphatic carbocycles. The molecule has 1 aromatic carbocycles. The summed E-state index contributed by atoms with van der Waals surface area (Å²) in [5, 5.41) is 0. The second-order valence-electron chi connectivity index (χ2n) is 8.51. The molecule has 0 bridgehead atoms. The predicted molar refractivity (Wildman–Crippen MR) is 104 cm³/mol. The number of alkyl halides is 3. The van der Waals surface area contributed by atoms with Crippen molar-refractivity contribution in [2.75, 3.05) is 13.3 Å². The van der Waals surface area contributed by atoms with Crippen LogP contribution in [0.3, 0.4) is 0 Å². The fourth-order valence-electron chi connectivity index (χ4n) is 4.85. The maximum absolute atomic E-state index is 14.7. The van der Waals surface area contributed by atoms with Gasteiger partial charge in [-0.05, 0) is 88.2 Å². The van der Waals surface area contributed by atoms with Gasteiger partial charge in [-0.3, -0.25) is 4.39 Å². The van der Waals surface area contributed by atoms with Gasteiger partial charge in [0, 0.05) is 6.61 Å². The van der Waals surface area contributed by atoms with E-state index >= 15 is 0 Å². The number of ether oxygens (including phenoxy) is 2. The summed E-state index contributed by atoms with van der Waals surface area (Å²) in [6.07, 6.45) is 0.586. The second-order valence-corrected chi connectivity index (χ2v) is 8.51. The van der Waals surface area contributed by atoms with Crippen LogP contribution < -0.4 is 0 Å². The molecule has 2 aliphatic rings. The summed E-state index contributed by atoms with van der Waals surface area (Å²) in [7, 11) is 0. The van der Waals surface area contributed by atoms with E-state index in [4.69, 9.17) is 9.47 Å². The molecule has 2 fully saturated rings. The second kappa shape index (κ2) is 10.4. The van der Waals surface area contributed by atoms with Crippen LogP contribution in [-0.2, 0) is 15.6 Å². The van der Waals surface area contributed by atoms with E-state index in [2.05, 4.69) is 0 Å². The van der Waals surface area contributed by atoms with Crippen LogP contribution in [0.15, 0.2) is 12.1 Å². The van der Waals surface area contributed by atoms with Gasteiger partial charge in [0.25, 0.3) is 0 Å². The van der Waals surface area contributed by atoms with Crippen molar-refractivity contribution in [2.45, 2.75) is 88.9 Å². The minimum atomic E-state index is -3.91. The van der Waals surface area contributed by atoms with E-state index in [0.29, 0.717) is 51.6 Å². The Bertz CT molecular complexity index is 680. The topological polar surface area (TPSA) is 18.5 Å². The van der Waals surface area contributed by atoms with Gasteiger partial charge in [0.15, 0.2) is 11.6 Å². The number of hydrogen-bond donors (Lipinski definition) is 0. The molecule has 7 heteroatoms. The van der Waals surface area contributed by atoms with E-state index < -0.39 is 36.1 Å². The maximum atomic E-state index is 14.7. The van der Waals surface area contributed by atoms with Crippen molar-refractivity contribution < 1.29 is 31.4 Å². The lowest BCUT2D eigenvalue weighted by molar-refractivity contribution is -0.279. The first-order valence-electron chi connectivity index (χ1n) is 11.1. The summed E-state index contributed by atoms with van der Waals surface area (Å²) < 4.78 is 81.5. The van der Waals surface area contributed by atoms with Crippen molar-refractivity contribution in [3.05, 3.63) is 34.9 Å². The SMILES string of the molecule is CCOC1CCC(c2ccc(C(F)(F)OC3CCC(CCF)CC3)c(F)c2F)CC1. The largest absolute Gasteiger partial charge is 0.386 e. The van der Waals surface area contributed by atoms with Gasteiger partial charge in [-0.25, -0.2) is 8.78 Å². The Hall–Kier alpha value is -1.21. The first-order chi connectivity index (χ1) is 14.4. The van der Waals surface area contributed by atoms with Crippen molar-refractivity contribution in [2.24, 2.45) is 5.92 Å². The lowest BCUT2D eigenvalue weighted by Crippen LogP contribution is -2.31. The molecule has 0 spiro atoms. The summed E-state index contributed by atoms with van der Waals surface area (Å²) in [4.78, 5) is 0. The zero-order valence-corrected chi connectivity index (χ0v) is 17.4. The zero-order valence-electron chi connectivity index (χ0n) is 17.4. The lowest BCUT2D eigenvalue weighted by atomic mass is 9.82. The molecule has 0 radical (unpaired) electrons. The number of benzene rings is 1. The van der Waals surface area contributed by atoms with Gasteiger partial charge in [-0.15, -0.1) is 0 Å². The van der Waals surface area contributed by atoms with Crippen molar-refractivity contribution in [3.63, 3.8) is 0 Å². The first kappa shape index (κ1) is 23.5. The van der Waals surface area contributed by atoms with Crippen molar-refractivity contribution >= 4 is 0 Å². The molecule has 1 aromatic rings. The van der Waals surface area contributed by atoms with Crippen LogP contribution in [0, 0.1) is 17.6 Å². The Balaban J connectivity index is 1.65. The normalized spacial score (nSPS) is 27.9. The Kier molecular flexibility index (Phi) is 8.13. The Morgan fingerprint density at radius 1 is 0.900 bits per heavy atom. The third-order valence-corrected chi connectivity index (χ3v) is 6.57. The fourth-order valence-corrected chi connectivity index (χ4v) is 4.85. The third kappa shape index (κ3) is 5.52. The van der Waals surface area contributed by atoms with Gasteiger partial charge in [-0.2, -0.15) is 8.78 Å². The monoisotopic (exact) mass is 434 g/mol. The standard InChI is InChI=1S/C23H31F5O2/c1-2-29-17-9-5-16(6-10-17)19-11-12-20(22(26)21(19)25)23(27,28)30-18-7-3-15(4-8-18)13-14-24/h11-12,15-18H,2-10,13-14H2,1H3. The molecule has 0 aliphatic heterocycles. The van der Waals surface area contributed by atoms with E-state index in [9.17, 15) is 22.0 Å². The molecule has 170 valence electrons. The molecule has 0 amide bonds. The summed E-state index contributed by atoms with van der Waals surface area (Å²) >= 11 is 0. The maximum Gasteiger partial charge on any atom is 0.386 e. The van der Waals surface area contributed by atoms with E-state index in [1.807, 2.05) is 6.92 Å². The molecule has 3 rings (SSSR count). The molecule has 30 heavy (non-hydrogen) atoms. The van der Waals surface area contributed by atoms with Crippen molar-refractivity contribution in [1.82, 2.24) is 0 Å². The lowest BCUT2D eigenvalue weighted by Gasteiger charge is -2.31. The number of hydrogen-bond acceptors (Lipinski definition) is 2. The highest BCUT2D eigenvalue weighted by Gasteiger charge is 2.41. The smallest absolute Gasteiger partial charge is 0.379 e. The average molecular weight is 434 g/mol. The predicted octanol–water partition coefficient (Wildman–Crippen LogP) is 7.01. The molecule has 0 atom stereocenters.